The maximum Gasteiger partial charge on any atom is 0.161 e. The Labute approximate surface area is 85.4 Å². The lowest BCUT2D eigenvalue weighted by Gasteiger charge is -2.01. The zero-order valence-corrected chi connectivity index (χ0v) is 7.75. The summed E-state index contributed by atoms with van der Waals surface area (Å²) >= 11 is 0. The van der Waals surface area contributed by atoms with Crippen molar-refractivity contribution >= 4 is 16.6 Å². The quantitative estimate of drug-likeness (QED) is 0.547. The van der Waals surface area contributed by atoms with E-state index in [1.54, 1.807) is 12.4 Å². The summed E-state index contributed by atoms with van der Waals surface area (Å²) in [7, 11) is 0. The molecule has 2 heterocycles. The maximum absolute atomic E-state index is 8.97. The van der Waals surface area contributed by atoms with E-state index in [2.05, 4.69) is 16.3 Å². The first-order chi connectivity index (χ1) is 7.40. The zero-order valence-electron chi connectivity index (χ0n) is 7.75. The minimum atomic E-state index is 0.670. The van der Waals surface area contributed by atoms with E-state index in [4.69, 9.17) is 5.26 Å². The van der Waals surface area contributed by atoms with Gasteiger partial charge in [0, 0.05) is 5.39 Å². The highest BCUT2D eigenvalue weighted by atomic mass is 15.2. The third-order valence-electron chi connectivity index (χ3n) is 2.44. The zero-order chi connectivity index (χ0) is 10.3. The Hall–Kier alpha value is -2.41. The van der Waals surface area contributed by atoms with Gasteiger partial charge in [-0.05, 0) is 24.3 Å². The molecule has 4 nitrogen and oxygen atoms in total. The number of nitriles is 1. The predicted octanol–water partition coefficient (Wildman–Crippen LogP) is 1.75. The van der Waals surface area contributed by atoms with Gasteiger partial charge in [-0.15, -0.1) is 10.2 Å². The lowest BCUT2D eigenvalue weighted by atomic mass is 10.1. The molecule has 0 amide bonds. The Morgan fingerprint density at radius 1 is 1.20 bits per heavy atom. The smallest absolute Gasteiger partial charge is 0.161 e. The standard InChI is InChI=1S/C11H6N4/c12-6-8-2-1-3-10-9(8)4-5-11-14-13-7-15(10)11/h1-5,7H. The summed E-state index contributed by atoms with van der Waals surface area (Å²) in [5, 5.41) is 17.7. The highest BCUT2D eigenvalue weighted by molar-refractivity contribution is 5.87. The largest absolute Gasteiger partial charge is 0.281 e. The van der Waals surface area contributed by atoms with E-state index in [-0.39, 0.29) is 0 Å². The van der Waals surface area contributed by atoms with Crippen LogP contribution in [0.25, 0.3) is 16.6 Å². The van der Waals surface area contributed by atoms with Crippen LogP contribution in [-0.4, -0.2) is 14.6 Å². The number of fused-ring (bicyclic) bond motifs is 3. The van der Waals surface area contributed by atoms with Crippen molar-refractivity contribution in [2.75, 3.05) is 0 Å². The second kappa shape index (κ2) is 2.79. The molecular weight excluding hydrogens is 188 g/mol. The summed E-state index contributed by atoms with van der Waals surface area (Å²) in [5.74, 6) is 0. The molecular formula is C11H6N4. The van der Waals surface area contributed by atoms with E-state index >= 15 is 0 Å². The summed E-state index contributed by atoms with van der Waals surface area (Å²) in [5.41, 5.74) is 2.41. The van der Waals surface area contributed by atoms with Gasteiger partial charge in [0.05, 0.1) is 17.1 Å². The van der Waals surface area contributed by atoms with Gasteiger partial charge < -0.3 is 0 Å². The van der Waals surface area contributed by atoms with Crippen LogP contribution in [-0.2, 0) is 0 Å². The number of benzene rings is 1. The van der Waals surface area contributed by atoms with Gasteiger partial charge in [0.15, 0.2) is 5.65 Å². The Kier molecular flexibility index (Phi) is 1.48. The number of nitrogens with zero attached hydrogens (tertiary/aromatic N) is 4. The summed E-state index contributed by atoms with van der Waals surface area (Å²) in [6.07, 6.45) is 1.65. The normalized spacial score (nSPS) is 10.6. The van der Waals surface area contributed by atoms with Gasteiger partial charge in [0.25, 0.3) is 0 Å². The monoisotopic (exact) mass is 194 g/mol. The maximum atomic E-state index is 8.97. The second-order valence-corrected chi connectivity index (χ2v) is 3.24. The molecule has 0 unspecified atom stereocenters. The van der Waals surface area contributed by atoms with Crippen molar-refractivity contribution in [2.24, 2.45) is 0 Å². The van der Waals surface area contributed by atoms with Crippen LogP contribution in [0.3, 0.4) is 0 Å². The molecule has 4 heteroatoms. The molecule has 0 fully saturated rings. The minimum absolute atomic E-state index is 0.670. The molecule has 3 aromatic rings. The van der Waals surface area contributed by atoms with E-state index < -0.39 is 0 Å². The second-order valence-electron chi connectivity index (χ2n) is 3.24. The van der Waals surface area contributed by atoms with Crippen LogP contribution in [0.1, 0.15) is 5.56 Å². The number of pyridine rings is 1. The van der Waals surface area contributed by atoms with Crippen molar-refractivity contribution in [1.29, 1.82) is 5.26 Å². The van der Waals surface area contributed by atoms with Gasteiger partial charge in [0.2, 0.25) is 0 Å². The predicted molar refractivity (Wildman–Crippen MR) is 55.2 cm³/mol. The van der Waals surface area contributed by atoms with Gasteiger partial charge >= 0.3 is 0 Å². The average molecular weight is 194 g/mol. The molecule has 3 rings (SSSR count). The molecule has 2 aromatic heterocycles. The van der Waals surface area contributed by atoms with Gasteiger partial charge in [-0.3, -0.25) is 4.40 Å². The minimum Gasteiger partial charge on any atom is -0.281 e. The summed E-state index contributed by atoms with van der Waals surface area (Å²) in [6.45, 7) is 0. The number of rotatable bonds is 0. The summed E-state index contributed by atoms with van der Waals surface area (Å²) in [6, 6.07) is 11.5. The van der Waals surface area contributed by atoms with Crippen molar-refractivity contribution in [1.82, 2.24) is 14.6 Å². The molecule has 1 aromatic carbocycles. The molecule has 0 radical (unpaired) electrons. The van der Waals surface area contributed by atoms with E-state index in [1.165, 1.54) is 0 Å². The molecule has 0 bridgehead atoms. The van der Waals surface area contributed by atoms with Gasteiger partial charge in [0.1, 0.15) is 6.33 Å². The van der Waals surface area contributed by atoms with Gasteiger partial charge in [-0.1, -0.05) is 6.07 Å². The third kappa shape index (κ3) is 1.00. The van der Waals surface area contributed by atoms with E-state index in [1.807, 2.05) is 28.7 Å². The molecule has 0 atom stereocenters. The molecule has 15 heavy (non-hydrogen) atoms. The average Bonchev–Trinajstić information content (AvgIpc) is 2.76. The van der Waals surface area contributed by atoms with Crippen LogP contribution in [0, 0.1) is 11.3 Å². The Balaban J connectivity index is 2.61. The van der Waals surface area contributed by atoms with Crippen molar-refractivity contribution in [3.05, 3.63) is 42.2 Å². The SMILES string of the molecule is N#Cc1cccc2c1ccc1nncn12. The van der Waals surface area contributed by atoms with Crippen LogP contribution in [0.5, 0.6) is 0 Å². The van der Waals surface area contributed by atoms with E-state index in [0.29, 0.717) is 5.56 Å². The van der Waals surface area contributed by atoms with Crippen LogP contribution >= 0.6 is 0 Å². The topological polar surface area (TPSA) is 54.0 Å². The number of hydrogen-bond donors (Lipinski definition) is 0. The lowest BCUT2D eigenvalue weighted by molar-refractivity contribution is 1.11. The van der Waals surface area contributed by atoms with E-state index in [9.17, 15) is 0 Å². The fraction of sp³-hybridized carbons (Fsp3) is 0. The van der Waals surface area contributed by atoms with Gasteiger partial charge in [-0.25, -0.2) is 0 Å². The van der Waals surface area contributed by atoms with Crippen molar-refractivity contribution in [2.45, 2.75) is 0 Å². The van der Waals surface area contributed by atoms with Crippen molar-refractivity contribution < 1.29 is 0 Å². The molecule has 0 saturated carbocycles. The summed E-state index contributed by atoms with van der Waals surface area (Å²) in [4.78, 5) is 0. The first kappa shape index (κ1) is 7.94. The Morgan fingerprint density at radius 3 is 3.00 bits per heavy atom. The first-order valence-corrected chi connectivity index (χ1v) is 4.52. The fourth-order valence-corrected chi connectivity index (χ4v) is 1.74. The Morgan fingerprint density at radius 2 is 2.13 bits per heavy atom. The van der Waals surface area contributed by atoms with Crippen LogP contribution in [0.15, 0.2) is 36.7 Å². The summed E-state index contributed by atoms with van der Waals surface area (Å²) < 4.78 is 1.87. The highest BCUT2D eigenvalue weighted by Gasteiger charge is 2.04. The van der Waals surface area contributed by atoms with Gasteiger partial charge in [-0.2, -0.15) is 5.26 Å². The van der Waals surface area contributed by atoms with Crippen molar-refractivity contribution in [3.63, 3.8) is 0 Å². The molecule has 0 aliphatic heterocycles. The molecule has 0 spiro atoms. The molecule has 0 aliphatic rings. The number of hydrogen-bond acceptors (Lipinski definition) is 3. The fourth-order valence-electron chi connectivity index (χ4n) is 1.74. The number of aromatic nitrogens is 3. The molecule has 0 saturated heterocycles. The van der Waals surface area contributed by atoms with Crippen LogP contribution in [0.2, 0.25) is 0 Å². The molecule has 70 valence electrons. The van der Waals surface area contributed by atoms with Crippen molar-refractivity contribution in [3.8, 4) is 6.07 Å². The highest BCUT2D eigenvalue weighted by Crippen LogP contribution is 2.19. The first-order valence-electron chi connectivity index (χ1n) is 4.52. The van der Waals surface area contributed by atoms with E-state index in [0.717, 1.165) is 16.6 Å². The third-order valence-corrected chi connectivity index (χ3v) is 2.44. The van der Waals surface area contributed by atoms with Crippen LogP contribution < -0.4 is 0 Å². The van der Waals surface area contributed by atoms with Crippen LogP contribution in [0.4, 0.5) is 0 Å². The Bertz CT molecular complexity index is 690. The molecule has 0 aliphatic carbocycles. The molecule has 0 N–H and O–H groups in total. The lowest BCUT2D eigenvalue weighted by Crippen LogP contribution is -1.88.